The third-order valence-corrected chi connectivity index (χ3v) is 9.98. The molecule has 0 fully saturated rings. The maximum atomic E-state index is 14.5. The summed E-state index contributed by atoms with van der Waals surface area (Å²) in [6.07, 6.45) is 0.188. The predicted octanol–water partition coefficient (Wildman–Crippen LogP) is 7.32. The first-order valence-corrected chi connectivity index (χ1v) is 16.9. The van der Waals surface area contributed by atoms with Crippen LogP contribution in [0, 0.1) is 6.92 Å². The number of benzene rings is 4. The maximum Gasteiger partial charge on any atom is 0.264 e. The van der Waals surface area contributed by atoms with Gasteiger partial charge in [0.2, 0.25) is 11.8 Å². The second-order valence-electron chi connectivity index (χ2n) is 10.9. The van der Waals surface area contributed by atoms with Crippen molar-refractivity contribution in [3.63, 3.8) is 0 Å². The summed E-state index contributed by atoms with van der Waals surface area (Å²) in [5.74, 6) is -0.992. The zero-order valence-corrected chi connectivity index (χ0v) is 28.2. The van der Waals surface area contributed by atoms with Gasteiger partial charge in [0.1, 0.15) is 12.6 Å². The molecule has 4 rings (SSSR count). The highest BCUT2D eigenvalue weighted by Gasteiger charge is 2.35. The maximum absolute atomic E-state index is 14.5. The molecule has 0 aliphatic carbocycles. The molecule has 0 spiro atoms. The van der Waals surface area contributed by atoms with Gasteiger partial charge in [-0.2, -0.15) is 0 Å². The number of halogens is 3. The highest BCUT2D eigenvalue weighted by molar-refractivity contribution is 7.92. The van der Waals surface area contributed by atoms with Gasteiger partial charge in [-0.1, -0.05) is 101 Å². The number of hydrogen-bond acceptors (Lipinski definition) is 4. The summed E-state index contributed by atoms with van der Waals surface area (Å²) in [6.45, 7) is 4.84. The van der Waals surface area contributed by atoms with Crippen LogP contribution in [0.4, 0.5) is 5.69 Å². The summed E-state index contributed by atoms with van der Waals surface area (Å²) >= 11 is 19.0. The Hall–Kier alpha value is -3.56. The van der Waals surface area contributed by atoms with Crippen LogP contribution in [0.25, 0.3) is 0 Å². The van der Waals surface area contributed by atoms with Crippen molar-refractivity contribution in [2.75, 3.05) is 10.8 Å². The Balaban J connectivity index is 1.83. The summed E-state index contributed by atoms with van der Waals surface area (Å²) in [5, 5.41) is 3.69. The van der Waals surface area contributed by atoms with Crippen LogP contribution in [0.5, 0.6) is 0 Å². The van der Waals surface area contributed by atoms with E-state index in [0.29, 0.717) is 10.6 Å². The van der Waals surface area contributed by atoms with Crippen molar-refractivity contribution in [3.8, 4) is 0 Å². The molecular weight excluding hydrogens is 653 g/mol. The average Bonchev–Trinajstić information content (AvgIpc) is 3.00. The van der Waals surface area contributed by atoms with Crippen molar-refractivity contribution in [1.29, 1.82) is 0 Å². The molecule has 45 heavy (non-hydrogen) atoms. The molecule has 236 valence electrons. The number of carbonyl (C=O) groups is 2. The Kier molecular flexibility index (Phi) is 11.6. The molecule has 0 radical (unpaired) electrons. The molecule has 0 heterocycles. The molecule has 0 saturated carbocycles. The van der Waals surface area contributed by atoms with E-state index in [2.05, 4.69) is 5.32 Å². The molecule has 0 aliphatic heterocycles. The van der Waals surface area contributed by atoms with Crippen molar-refractivity contribution in [3.05, 3.63) is 129 Å². The minimum atomic E-state index is -4.28. The van der Waals surface area contributed by atoms with Crippen molar-refractivity contribution < 1.29 is 18.0 Å². The van der Waals surface area contributed by atoms with Gasteiger partial charge in [0.05, 0.1) is 20.6 Å². The molecule has 1 atom stereocenters. The summed E-state index contributed by atoms with van der Waals surface area (Å²) in [5.41, 5.74) is 2.44. The monoisotopic (exact) mass is 685 g/mol. The molecule has 4 aromatic rings. The third-order valence-electron chi connectivity index (χ3n) is 7.08. The largest absolute Gasteiger partial charge is 0.352 e. The van der Waals surface area contributed by atoms with E-state index in [1.54, 1.807) is 36.4 Å². The van der Waals surface area contributed by atoms with Gasteiger partial charge >= 0.3 is 0 Å². The van der Waals surface area contributed by atoms with Crippen LogP contribution < -0.4 is 9.62 Å². The van der Waals surface area contributed by atoms with Gasteiger partial charge in [-0.3, -0.25) is 13.9 Å². The fourth-order valence-corrected chi connectivity index (χ4v) is 6.65. The van der Waals surface area contributed by atoms with Crippen LogP contribution in [-0.2, 0) is 32.6 Å². The molecule has 1 N–H and O–H groups in total. The number of rotatable bonds is 12. The molecule has 0 aromatic heterocycles. The number of carbonyl (C=O) groups excluding carboxylic acids is 2. The van der Waals surface area contributed by atoms with Crippen molar-refractivity contribution >= 4 is 62.3 Å². The minimum absolute atomic E-state index is 0.0111. The second-order valence-corrected chi connectivity index (χ2v) is 14.0. The van der Waals surface area contributed by atoms with Crippen LogP contribution in [-0.4, -0.2) is 43.8 Å². The Morgan fingerprint density at radius 2 is 1.44 bits per heavy atom. The Bertz CT molecular complexity index is 1750. The predicted molar refractivity (Wildman–Crippen MR) is 181 cm³/mol. The smallest absolute Gasteiger partial charge is 0.264 e. The van der Waals surface area contributed by atoms with Gasteiger partial charge in [-0.25, -0.2) is 8.42 Å². The first-order chi connectivity index (χ1) is 21.4. The normalized spacial score (nSPS) is 12.1. The Morgan fingerprint density at radius 1 is 0.800 bits per heavy atom. The highest BCUT2D eigenvalue weighted by Crippen LogP contribution is 2.31. The van der Waals surface area contributed by atoms with Crippen LogP contribution in [0.3, 0.4) is 0 Å². The lowest BCUT2D eigenvalue weighted by molar-refractivity contribution is -0.140. The molecule has 0 unspecified atom stereocenters. The number of nitrogens with one attached hydrogen (secondary N) is 1. The zero-order chi connectivity index (χ0) is 32.7. The van der Waals surface area contributed by atoms with Gasteiger partial charge in [0.15, 0.2) is 0 Å². The number of sulfonamides is 1. The Labute approximate surface area is 279 Å². The van der Waals surface area contributed by atoms with Crippen LogP contribution in [0.1, 0.15) is 30.5 Å². The SMILES string of the molecule is Cc1ccc(S(=O)(=O)N(CC(=O)N(Cc2ccccc2Cl)[C@H](Cc2ccccc2)C(=O)NC(C)C)c2ccc(Cl)c(Cl)c2)cc1. The van der Waals surface area contributed by atoms with Crippen molar-refractivity contribution in [2.24, 2.45) is 0 Å². The van der Waals surface area contributed by atoms with E-state index in [4.69, 9.17) is 34.8 Å². The lowest BCUT2D eigenvalue weighted by atomic mass is 10.0. The summed E-state index contributed by atoms with van der Waals surface area (Å²) in [4.78, 5) is 29.6. The summed E-state index contributed by atoms with van der Waals surface area (Å²) in [7, 11) is -4.28. The van der Waals surface area contributed by atoms with Gasteiger partial charge in [-0.05, 0) is 68.3 Å². The van der Waals surface area contributed by atoms with Crippen molar-refractivity contribution in [2.45, 2.75) is 50.7 Å². The fourth-order valence-electron chi connectivity index (χ4n) is 4.75. The van der Waals surface area contributed by atoms with Crippen molar-refractivity contribution in [1.82, 2.24) is 10.2 Å². The zero-order valence-electron chi connectivity index (χ0n) is 25.1. The number of nitrogens with zero attached hydrogens (tertiary/aromatic N) is 2. The number of hydrogen-bond donors (Lipinski definition) is 1. The van der Waals surface area contributed by atoms with Gasteiger partial charge in [0.25, 0.3) is 10.0 Å². The van der Waals surface area contributed by atoms with Gasteiger partial charge in [-0.15, -0.1) is 0 Å². The Morgan fingerprint density at radius 3 is 2.07 bits per heavy atom. The van der Waals surface area contributed by atoms with Gasteiger partial charge < -0.3 is 10.2 Å². The van der Waals surface area contributed by atoms with E-state index >= 15 is 0 Å². The van der Waals surface area contributed by atoms with Gasteiger partial charge in [0, 0.05) is 24.0 Å². The van der Waals surface area contributed by atoms with E-state index in [1.807, 2.05) is 51.1 Å². The average molecular weight is 687 g/mol. The van der Waals surface area contributed by atoms with E-state index in [0.717, 1.165) is 15.4 Å². The molecule has 7 nitrogen and oxygen atoms in total. The number of amides is 2. The minimum Gasteiger partial charge on any atom is -0.352 e. The summed E-state index contributed by atoms with van der Waals surface area (Å²) in [6, 6.07) is 25.8. The standard InChI is InChI=1S/C34H34Cl3N3O4S/c1-23(2)38-34(42)32(19-25-9-5-4-6-10-25)39(21-26-11-7-8-12-29(26)35)33(41)22-40(27-15-18-30(36)31(37)20-27)45(43,44)28-16-13-24(3)14-17-28/h4-18,20,23,32H,19,21-22H2,1-3H3,(H,38,42)/t32-/m1/s1. The lowest BCUT2D eigenvalue weighted by Crippen LogP contribution is -2.54. The molecule has 4 aromatic carbocycles. The first-order valence-electron chi connectivity index (χ1n) is 14.3. The van der Waals surface area contributed by atoms with E-state index in [-0.39, 0.29) is 45.5 Å². The highest BCUT2D eigenvalue weighted by atomic mass is 35.5. The fraction of sp³-hybridized carbons (Fsp3) is 0.235. The summed E-state index contributed by atoms with van der Waals surface area (Å²) < 4.78 is 29.2. The molecule has 2 amide bonds. The van der Waals surface area contributed by atoms with E-state index in [1.165, 1.54) is 35.2 Å². The first kappa shape index (κ1) is 34.3. The molecule has 0 bridgehead atoms. The number of aryl methyl sites for hydroxylation is 1. The molecular formula is C34H34Cl3N3O4S. The van der Waals surface area contributed by atoms with E-state index in [9.17, 15) is 18.0 Å². The molecule has 0 aliphatic rings. The van der Waals surface area contributed by atoms with Crippen LogP contribution in [0.2, 0.25) is 15.1 Å². The molecule has 11 heteroatoms. The van der Waals surface area contributed by atoms with Crippen LogP contribution >= 0.6 is 34.8 Å². The lowest BCUT2D eigenvalue weighted by Gasteiger charge is -2.34. The quantitative estimate of drug-likeness (QED) is 0.169. The molecule has 0 saturated heterocycles. The van der Waals surface area contributed by atoms with E-state index < -0.39 is 28.5 Å². The van der Waals surface area contributed by atoms with Crippen LogP contribution in [0.15, 0.2) is 102 Å². The third kappa shape index (κ3) is 8.79. The second kappa shape index (κ2) is 15.1. The number of anilines is 1. The topological polar surface area (TPSA) is 86.8 Å².